The molecule has 0 fully saturated rings. The molecule has 19 heavy (non-hydrogen) atoms. The number of hydrogen-bond acceptors (Lipinski definition) is 4. The predicted octanol–water partition coefficient (Wildman–Crippen LogP) is 1.81. The molecule has 94 valence electrons. The molecule has 0 atom stereocenters. The number of pyridine rings is 1. The Balaban J connectivity index is 2.37. The van der Waals surface area contributed by atoms with Gasteiger partial charge in [-0.15, -0.1) is 0 Å². The Morgan fingerprint density at radius 3 is 2.79 bits per heavy atom. The van der Waals surface area contributed by atoms with Crippen molar-refractivity contribution in [3.63, 3.8) is 0 Å². The monoisotopic (exact) mass is 252 g/mol. The summed E-state index contributed by atoms with van der Waals surface area (Å²) in [5.74, 6) is 0.0459. The van der Waals surface area contributed by atoms with Crippen LogP contribution in [0.4, 0.5) is 11.5 Å². The second-order valence-electron chi connectivity index (χ2n) is 3.96. The molecule has 5 nitrogen and oxygen atoms in total. The minimum Gasteiger partial charge on any atom is -0.384 e. The fourth-order valence-corrected chi connectivity index (χ4v) is 1.75. The summed E-state index contributed by atoms with van der Waals surface area (Å²) < 4.78 is 0. The summed E-state index contributed by atoms with van der Waals surface area (Å²) in [4.78, 5) is 17.6. The zero-order valence-electron chi connectivity index (χ0n) is 10.4. The molecule has 0 unspecified atom stereocenters. The number of nitrogens with zero attached hydrogens (tertiary/aromatic N) is 3. The van der Waals surface area contributed by atoms with Crippen LogP contribution in [0.1, 0.15) is 15.9 Å². The molecular weight excluding hydrogens is 240 g/mol. The standard InChI is InChI=1S/C14H12N4O/c1-18(12-5-3-2-4-11(12)9-15)14(19)10-6-7-17-13(16)8-10/h2-8H,1H3,(H2,16,17). The number of rotatable bonds is 2. The van der Waals surface area contributed by atoms with Gasteiger partial charge in [-0.1, -0.05) is 12.1 Å². The van der Waals surface area contributed by atoms with Crippen molar-refractivity contribution in [2.45, 2.75) is 0 Å². The van der Waals surface area contributed by atoms with Crippen LogP contribution < -0.4 is 10.6 Å². The third kappa shape index (κ3) is 2.53. The van der Waals surface area contributed by atoms with Crippen molar-refractivity contribution < 1.29 is 4.79 Å². The largest absolute Gasteiger partial charge is 0.384 e. The van der Waals surface area contributed by atoms with Crippen LogP contribution in [0.2, 0.25) is 0 Å². The van der Waals surface area contributed by atoms with E-state index in [4.69, 9.17) is 11.0 Å². The third-order valence-corrected chi connectivity index (χ3v) is 2.72. The molecule has 0 spiro atoms. The number of hydrogen-bond donors (Lipinski definition) is 1. The predicted molar refractivity (Wildman–Crippen MR) is 72.5 cm³/mol. The second kappa shape index (κ2) is 5.19. The van der Waals surface area contributed by atoms with Gasteiger partial charge in [-0.05, 0) is 24.3 Å². The maximum absolute atomic E-state index is 12.3. The highest BCUT2D eigenvalue weighted by Crippen LogP contribution is 2.20. The van der Waals surface area contributed by atoms with Gasteiger partial charge in [-0.2, -0.15) is 5.26 Å². The van der Waals surface area contributed by atoms with Crippen LogP contribution in [-0.2, 0) is 0 Å². The summed E-state index contributed by atoms with van der Waals surface area (Å²) in [6, 6.07) is 12.1. The van der Waals surface area contributed by atoms with E-state index in [1.807, 2.05) is 0 Å². The highest BCUT2D eigenvalue weighted by molar-refractivity contribution is 6.06. The molecule has 1 heterocycles. The summed E-state index contributed by atoms with van der Waals surface area (Å²) in [7, 11) is 1.62. The van der Waals surface area contributed by atoms with Crippen molar-refractivity contribution in [2.75, 3.05) is 17.7 Å². The van der Waals surface area contributed by atoms with Crippen LogP contribution in [0, 0.1) is 11.3 Å². The first kappa shape index (κ1) is 12.6. The van der Waals surface area contributed by atoms with E-state index >= 15 is 0 Å². The van der Waals surface area contributed by atoms with Crippen molar-refractivity contribution in [3.05, 3.63) is 53.7 Å². The minimum absolute atomic E-state index is 0.239. The lowest BCUT2D eigenvalue weighted by molar-refractivity contribution is 0.0993. The fourth-order valence-electron chi connectivity index (χ4n) is 1.75. The van der Waals surface area contributed by atoms with Crippen LogP contribution in [0.5, 0.6) is 0 Å². The van der Waals surface area contributed by atoms with E-state index in [-0.39, 0.29) is 11.7 Å². The third-order valence-electron chi connectivity index (χ3n) is 2.72. The van der Waals surface area contributed by atoms with E-state index in [9.17, 15) is 4.79 Å². The number of aromatic nitrogens is 1. The quantitative estimate of drug-likeness (QED) is 0.883. The number of nitrogens with two attached hydrogens (primary N) is 1. The average Bonchev–Trinajstić information content (AvgIpc) is 2.45. The first-order valence-electron chi connectivity index (χ1n) is 5.62. The van der Waals surface area contributed by atoms with Crippen LogP contribution >= 0.6 is 0 Å². The molecule has 1 aromatic heterocycles. The van der Waals surface area contributed by atoms with Crippen molar-refractivity contribution in [3.8, 4) is 6.07 Å². The summed E-state index contributed by atoms with van der Waals surface area (Å²) in [6.07, 6.45) is 1.48. The summed E-state index contributed by atoms with van der Waals surface area (Å²) in [5.41, 5.74) is 7.00. The van der Waals surface area contributed by atoms with Crippen molar-refractivity contribution in [1.82, 2.24) is 4.98 Å². The molecule has 1 aromatic carbocycles. The molecule has 0 aliphatic carbocycles. The number of carbonyl (C=O) groups excluding carboxylic acids is 1. The number of nitrogen functional groups attached to an aromatic ring is 1. The SMILES string of the molecule is CN(C(=O)c1ccnc(N)c1)c1ccccc1C#N. The van der Waals surface area contributed by atoms with Gasteiger partial charge in [0.25, 0.3) is 5.91 Å². The van der Waals surface area contributed by atoms with Gasteiger partial charge < -0.3 is 10.6 Å². The van der Waals surface area contributed by atoms with Crippen LogP contribution in [0.3, 0.4) is 0 Å². The van der Waals surface area contributed by atoms with Gasteiger partial charge in [0.2, 0.25) is 0 Å². The maximum Gasteiger partial charge on any atom is 0.258 e. The van der Waals surface area contributed by atoms with Crippen molar-refractivity contribution in [1.29, 1.82) is 5.26 Å². The van der Waals surface area contributed by atoms with E-state index in [2.05, 4.69) is 11.1 Å². The van der Waals surface area contributed by atoms with Gasteiger partial charge in [0.1, 0.15) is 11.9 Å². The lowest BCUT2D eigenvalue weighted by Crippen LogP contribution is -2.27. The lowest BCUT2D eigenvalue weighted by Gasteiger charge is -2.18. The average molecular weight is 252 g/mol. The summed E-state index contributed by atoms with van der Waals surface area (Å²) >= 11 is 0. The van der Waals surface area contributed by atoms with Gasteiger partial charge in [0, 0.05) is 18.8 Å². The molecule has 5 heteroatoms. The molecule has 2 N–H and O–H groups in total. The topological polar surface area (TPSA) is 83.0 Å². The van der Waals surface area contributed by atoms with E-state index in [1.165, 1.54) is 17.2 Å². The highest BCUT2D eigenvalue weighted by atomic mass is 16.2. The number of benzene rings is 1. The Hall–Kier alpha value is -2.87. The number of amides is 1. The molecule has 0 aliphatic rings. The number of anilines is 2. The number of nitriles is 1. The molecule has 0 radical (unpaired) electrons. The molecular formula is C14H12N4O. The Labute approximate surface area is 110 Å². The van der Waals surface area contributed by atoms with Crippen LogP contribution in [0.25, 0.3) is 0 Å². The van der Waals surface area contributed by atoms with Crippen molar-refractivity contribution >= 4 is 17.4 Å². The maximum atomic E-state index is 12.3. The Bertz CT molecular complexity index is 660. The lowest BCUT2D eigenvalue weighted by atomic mass is 10.1. The zero-order chi connectivity index (χ0) is 13.8. The van der Waals surface area contributed by atoms with Gasteiger partial charge in [0.15, 0.2) is 0 Å². The zero-order valence-corrected chi connectivity index (χ0v) is 10.4. The fraction of sp³-hybridized carbons (Fsp3) is 0.0714. The van der Waals surface area contributed by atoms with E-state index in [0.29, 0.717) is 16.8 Å². The van der Waals surface area contributed by atoms with Gasteiger partial charge in [-0.3, -0.25) is 4.79 Å². The summed E-state index contributed by atoms with van der Waals surface area (Å²) in [6.45, 7) is 0. The first-order valence-corrected chi connectivity index (χ1v) is 5.62. The molecule has 0 saturated carbocycles. The molecule has 0 aliphatic heterocycles. The van der Waals surface area contributed by atoms with E-state index in [1.54, 1.807) is 37.4 Å². The highest BCUT2D eigenvalue weighted by Gasteiger charge is 2.16. The molecule has 1 amide bonds. The Morgan fingerprint density at radius 1 is 1.37 bits per heavy atom. The Kier molecular flexibility index (Phi) is 3.44. The molecule has 0 bridgehead atoms. The summed E-state index contributed by atoms with van der Waals surface area (Å²) in [5, 5.41) is 9.05. The van der Waals surface area contributed by atoms with Crippen molar-refractivity contribution in [2.24, 2.45) is 0 Å². The van der Waals surface area contributed by atoms with E-state index in [0.717, 1.165) is 0 Å². The normalized spacial score (nSPS) is 9.68. The molecule has 0 saturated heterocycles. The number of para-hydroxylation sites is 1. The number of carbonyl (C=O) groups is 1. The van der Waals surface area contributed by atoms with Gasteiger partial charge in [-0.25, -0.2) is 4.98 Å². The molecule has 2 aromatic rings. The van der Waals surface area contributed by atoms with Crippen LogP contribution in [0.15, 0.2) is 42.6 Å². The first-order chi connectivity index (χ1) is 9.13. The van der Waals surface area contributed by atoms with Crippen LogP contribution in [-0.4, -0.2) is 17.9 Å². The minimum atomic E-state index is -0.239. The second-order valence-corrected chi connectivity index (χ2v) is 3.96. The Morgan fingerprint density at radius 2 is 2.11 bits per heavy atom. The molecule has 2 rings (SSSR count). The smallest absolute Gasteiger partial charge is 0.258 e. The van der Waals surface area contributed by atoms with E-state index < -0.39 is 0 Å². The van der Waals surface area contributed by atoms with Gasteiger partial charge >= 0.3 is 0 Å². The van der Waals surface area contributed by atoms with Gasteiger partial charge in [0.05, 0.1) is 11.3 Å².